The van der Waals surface area contributed by atoms with Gasteiger partial charge in [-0.3, -0.25) is 0 Å². The number of carbonyl (C=O) groups is 1. The lowest BCUT2D eigenvalue weighted by Crippen LogP contribution is -2.27. The van der Waals surface area contributed by atoms with Gasteiger partial charge in [-0.2, -0.15) is 0 Å². The molecule has 1 aromatic carbocycles. The van der Waals surface area contributed by atoms with Crippen molar-refractivity contribution >= 4 is 17.3 Å². The quantitative estimate of drug-likeness (QED) is 0.710. The highest BCUT2D eigenvalue weighted by molar-refractivity contribution is 5.95. The van der Waals surface area contributed by atoms with Gasteiger partial charge in [0, 0.05) is 24.3 Å². The van der Waals surface area contributed by atoms with E-state index in [4.69, 9.17) is 15.6 Å². The second-order valence-electron chi connectivity index (χ2n) is 4.67. The third kappa shape index (κ3) is 2.73. The van der Waals surface area contributed by atoms with Crippen molar-refractivity contribution in [2.75, 3.05) is 24.3 Å². The first kappa shape index (κ1) is 12.7. The largest absolute Gasteiger partial charge is 0.478 e. The number of ether oxygens (including phenoxy) is 1. The van der Waals surface area contributed by atoms with Gasteiger partial charge in [0.05, 0.1) is 17.9 Å². The Morgan fingerprint density at radius 1 is 1.61 bits per heavy atom. The highest BCUT2D eigenvalue weighted by atomic mass is 16.5. The highest BCUT2D eigenvalue weighted by Gasteiger charge is 2.23. The first-order chi connectivity index (χ1) is 8.58. The summed E-state index contributed by atoms with van der Waals surface area (Å²) in [5.41, 5.74) is 7.07. The first-order valence-corrected chi connectivity index (χ1v) is 6.05. The van der Waals surface area contributed by atoms with Gasteiger partial charge in [0.25, 0.3) is 0 Å². The van der Waals surface area contributed by atoms with Crippen LogP contribution < -0.4 is 11.1 Å². The van der Waals surface area contributed by atoms with E-state index in [2.05, 4.69) is 5.32 Å². The topological polar surface area (TPSA) is 84.6 Å². The van der Waals surface area contributed by atoms with Crippen molar-refractivity contribution in [2.24, 2.45) is 5.92 Å². The number of nitrogen functional groups attached to an aromatic ring is 1. The van der Waals surface area contributed by atoms with E-state index < -0.39 is 5.97 Å². The fourth-order valence-corrected chi connectivity index (χ4v) is 2.18. The Morgan fingerprint density at radius 3 is 3.00 bits per heavy atom. The third-order valence-corrected chi connectivity index (χ3v) is 3.33. The molecule has 2 rings (SSSR count). The van der Waals surface area contributed by atoms with Gasteiger partial charge in [-0.25, -0.2) is 4.79 Å². The molecular weight excluding hydrogens is 232 g/mol. The number of aromatic carboxylic acids is 1. The van der Waals surface area contributed by atoms with Crippen LogP contribution in [0.2, 0.25) is 0 Å². The number of hydrogen-bond donors (Lipinski definition) is 3. The predicted molar refractivity (Wildman–Crippen MR) is 69.8 cm³/mol. The zero-order chi connectivity index (χ0) is 13.1. The summed E-state index contributed by atoms with van der Waals surface area (Å²) < 4.78 is 5.34. The molecule has 1 heterocycles. The van der Waals surface area contributed by atoms with Crippen molar-refractivity contribution in [3.8, 4) is 0 Å². The molecule has 1 fully saturated rings. The van der Waals surface area contributed by atoms with E-state index in [1.54, 1.807) is 12.1 Å². The molecule has 0 aromatic heterocycles. The van der Waals surface area contributed by atoms with Crippen molar-refractivity contribution in [1.82, 2.24) is 0 Å². The van der Waals surface area contributed by atoms with E-state index in [9.17, 15) is 4.79 Å². The zero-order valence-corrected chi connectivity index (χ0v) is 10.3. The van der Waals surface area contributed by atoms with Crippen molar-refractivity contribution in [2.45, 2.75) is 19.4 Å². The molecule has 1 saturated heterocycles. The smallest absolute Gasteiger partial charge is 0.337 e. The Hall–Kier alpha value is -1.75. The van der Waals surface area contributed by atoms with Gasteiger partial charge in [0.1, 0.15) is 0 Å². The zero-order valence-electron chi connectivity index (χ0n) is 10.3. The lowest BCUT2D eigenvalue weighted by atomic mass is 10.00. The van der Waals surface area contributed by atoms with Crippen LogP contribution in [0, 0.1) is 5.92 Å². The molecule has 0 radical (unpaired) electrons. The minimum absolute atomic E-state index is 0.160. The first-order valence-electron chi connectivity index (χ1n) is 6.05. The van der Waals surface area contributed by atoms with Crippen molar-refractivity contribution in [3.05, 3.63) is 23.8 Å². The van der Waals surface area contributed by atoms with Crippen LogP contribution in [0.15, 0.2) is 18.2 Å². The molecule has 5 nitrogen and oxygen atoms in total. The van der Waals surface area contributed by atoms with Crippen LogP contribution in [0.1, 0.15) is 23.7 Å². The Kier molecular flexibility index (Phi) is 3.72. The van der Waals surface area contributed by atoms with Crippen molar-refractivity contribution in [3.63, 3.8) is 0 Å². The van der Waals surface area contributed by atoms with Gasteiger partial charge in [-0.15, -0.1) is 0 Å². The Morgan fingerprint density at radius 2 is 2.39 bits per heavy atom. The SMILES string of the molecule is CC(Nc1cc(N)ccc1C(=O)O)C1CCOC1. The molecule has 4 N–H and O–H groups in total. The number of carboxylic acids is 1. The number of anilines is 2. The van der Waals surface area contributed by atoms with Gasteiger partial charge in [-0.05, 0) is 31.5 Å². The van der Waals surface area contributed by atoms with Crippen LogP contribution in [0.25, 0.3) is 0 Å². The Balaban J connectivity index is 2.16. The summed E-state index contributed by atoms with van der Waals surface area (Å²) in [6.45, 7) is 3.53. The lowest BCUT2D eigenvalue weighted by molar-refractivity contribution is 0.0698. The Labute approximate surface area is 106 Å². The maximum Gasteiger partial charge on any atom is 0.337 e. The third-order valence-electron chi connectivity index (χ3n) is 3.33. The molecule has 0 saturated carbocycles. The monoisotopic (exact) mass is 250 g/mol. The molecule has 98 valence electrons. The molecule has 0 aliphatic carbocycles. The second kappa shape index (κ2) is 5.27. The average molecular weight is 250 g/mol. The summed E-state index contributed by atoms with van der Waals surface area (Å²) in [6.07, 6.45) is 0.999. The molecule has 18 heavy (non-hydrogen) atoms. The van der Waals surface area contributed by atoms with Crippen LogP contribution >= 0.6 is 0 Å². The van der Waals surface area contributed by atoms with Crippen LogP contribution in [-0.2, 0) is 4.74 Å². The molecule has 1 aromatic rings. The summed E-state index contributed by atoms with van der Waals surface area (Å²) in [5.74, 6) is -0.541. The fourth-order valence-electron chi connectivity index (χ4n) is 2.18. The molecule has 2 atom stereocenters. The van der Waals surface area contributed by atoms with E-state index in [1.807, 2.05) is 6.92 Å². The van der Waals surface area contributed by atoms with E-state index >= 15 is 0 Å². The maximum atomic E-state index is 11.1. The van der Waals surface area contributed by atoms with Gasteiger partial charge in [0.2, 0.25) is 0 Å². The van der Waals surface area contributed by atoms with Crippen LogP contribution in [0.5, 0.6) is 0 Å². The summed E-state index contributed by atoms with van der Waals surface area (Å²) in [4.78, 5) is 11.1. The van der Waals surface area contributed by atoms with Crippen LogP contribution in [-0.4, -0.2) is 30.3 Å². The van der Waals surface area contributed by atoms with Crippen molar-refractivity contribution in [1.29, 1.82) is 0 Å². The van der Waals surface area contributed by atoms with Crippen molar-refractivity contribution < 1.29 is 14.6 Å². The molecule has 1 aliphatic heterocycles. The average Bonchev–Trinajstić information content (AvgIpc) is 2.81. The molecule has 0 bridgehead atoms. The minimum atomic E-state index is -0.952. The predicted octanol–water partition coefficient (Wildman–Crippen LogP) is 1.80. The fraction of sp³-hybridized carbons (Fsp3) is 0.462. The molecule has 0 amide bonds. The van der Waals surface area contributed by atoms with Gasteiger partial charge >= 0.3 is 5.97 Å². The summed E-state index contributed by atoms with van der Waals surface area (Å²) in [5, 5.41) is 12.4. The molecule has 1 aliphatic rings. The van der Waals surface area contributed by atoms with E-state index in [0.717, 1.165) is 19.6 Å². The standard InChI is InChI=1S/C13H18N2O3/c1-8(9-4-5-18-7-9)15-12-6-10(14)2-3-11(12)13(16)17/h2-3,6,8-9,15H,4-5,7,14H2,1H3,(H,16,17). The van der Waals surface area contributed by atoms with Gasteiger partial charge in [-0.1, -0.05) is 0 Å². The second-order valence-corrected chi connectivity index (χ2v) is 4.67. The van der Waals surface area contributed by atoms with E-state index in [0.29, 0.717) is 17.3 Å². The minimum Gasteiger partial charge on any atom is -0.478 e. The van der Waals surface area contributed by atoms with E-state index in [1.165, 1.54) is 6.07 Å². The normalized spacial score (nSPS) is 20.6. The maximum absolute atomic E-state index is 11.1. The van der Waals surface area contributed by atoms with Gasteiger partial charge < -0.3 is 20.9 Å². The molecular formula is C13H18N2O3. The van der Waals surface area contributed by atoms with E-state index in [-0.39, 0.29) is 11.6 Å². The Bertz CT molecular complexity index is 442. The summed E-state index contributed by atoms with van der Waals surface area (Å²) >= 11 is 0. The number of benzene rings is 1. The number of carboxylic acid groups (broad SMARTS) is 1. The molecule has 0 spiro atoms. The molecule has 2 unspecified atom stereocenters. The van der Waals surface area contributed by atoms with Crippen LogP contribution in [0.3, 0.4) is 0 Å². The number of hydrogen-bond acceptors (Lipinski definition) is 4. The number of rotatable bonds is 4. The summed E-state index contributed by atoms with van der Waals surface area (Å²) in [6, 6.07) is 4.94. The van der Waals surface area contributed by atoms with Gasteiger partial charge in [0.15, 0.2) is 0 Å². The van der Waals surface area contributed by atoms with Crippen LogP contribution in [0.4, 0.5) is 11.4 Å². The lowest BCUT2D eigenvalue weighted by Gasteiger charge is -2.21. The summed E-state index contributed by atoms with van der Waals surface area (Å²) in [7, 11) is 0. The molecule has 5 heteroatoms. The highest BCUT2D eigenvalue weighted by Crippen LogP contribution is 2.24. The number of nitrogens with two attached hydrogens (primary N) is 1. The number of nitrogens with one attached hydrogen (secondary N) is 1.